The molecule has 2 aromatic rings. The number of imidazole rings is 1. The van der Waals surface area contributed by atoms with Gasteiger partial charge in [0.2, 0.25) is 0 Å². The molecule has 3 atom stereocenters. The monoisotopic (exact) mass is 317 g/mol. The molecule has 1 aliphatic rings. The lowest BCUT2D eigenvalue weighted by Crippen LogP contribution is -2.57. The minimum absolute atomic E-state index is 0.0140. The molecule has 0 unspecified atom stereocenters. The lowest BCUT2D eigenvalue weighted by Gasteiger charge is -2.45. The Bertz CT molecular complexity index is 619. The first-order valence-corrected chi connectivity index (χ1v) is 7.44. The SMILES string of the molecule is COCCO[C@@H]1C[C@@H](NC(=O)c2ccncn2)[C@H]1n1ccnc1. The highest BCUT2D eigenvalue weighted by atomic mass is 16.5. The van der Waals surface area contributed by atoms with Crippen LogP contribution in [0.1, 0.15) is 23.0 Å². The van der Waals surface area contributed by atoms with Gasteiger partial charge in [-0.25, -0.2) is 15.0 Å². The lowest BCUT2D eigenvalue weighted by molar-refractivity contribution is -0.0719. The standard InChI is InChI=1S/C15H19N5O3/c1-22-6-7-23-13-8-12(14(13)20-5-4-17-10-20)19-15(21)11-2-3-16-9-18-11/h2-5,9-10,12-14H,6-8H2,1H3,(H,19,21)/t12-,13-,14-/m1/s1. The van der Waals surface area contributed by atoms with Crippen LogP contribution in [0.2, 0.25) is 0 Å². The van der Waals surface area contributed by atoms with Crippen molar-refractivity contribution in [1.29, 1.82) is 0 Å². The van der Waals surface area contributed by atoms with Gasteiger partial charge in [0.25, 0.3) is 5.91 Å². The largest absolute Gasteiger partial charge is 0.382 e. The maximum atomic E-state index is 12.2. The van der Waals surface area contributed by atoms with Crippen molar-refractivity contribution >= 4 is 5.91 Å². The molecule has 122 valence electrons. The first kappa shape index (κ1) is 15.6. The van der Waals surface area contributed by atoms with E-state index in [1.807, 2.05) is 10.8 Å². The van der Waals surface area contributed by atoms with Crippen LogP contribution in [0.25, 0.3) is 0 Å². The highest BCUT2D eigenvalue weighted by molar-refractivity contribution is 5.92. The third kappa shape index (κ3) is 3.54. The number of hydrogen-bond acceptors (Lipinski definition) is 6. The van der Waals surface area contributed by atoms with Crippen molar-refractivity contribution in [3.63, 3.8) is 0 Å². The first-order valence-electron chi connectivity index (χ1n) is 7.44. The van der Waals surface area contributed by atoms with Crippen LogP contribution in [0.5, 0.6) is 0 Å². The Morgan fingerprint density at radius 1 is 1.39 bits per heavy atom. The molecule has 0 spiro atoms. The van der Waals surface area contributed by atoms with Crippen LogP contribution in [0.3, 0.4) is 0 Å². The summed E-state index contributed by atoms with van der Waals surface area (Å²) in [6.45, 7) is 1.07. The maximum Gasteiger partial charge on any atom is 0.270 e. The smallest absolute Gasteiger partial charge is 0.270 e. The predicted molar refractivity (Wildman–Crippen MR) is 80.8 cm³/mol. The first-order chi connectivity index (χ1) is 11.3. The van der Waals surface area contributed by atoms with Gasteiger partial charge in [-0.05, 0) is 12.5 Å². The highest BCUT2D eigenvalue weighted by Gasteiger charge is 2.44. The Kier molecular flexibility index (Phi) is 4.94. The van der Waals surface area contributed by atoms with Crippen LogP contribution in [0.4, 0.5) is 0 Å². The van der Waals surface area contributed by atoms with E-state index in [2.05, 4.69) is 20.3 Å². The van der Waals surface area contributed by atoms with Crippen molar-refractivity contribution in [3.8, 4) is 0 Å². The van der Waals surface area contributed by atoms with Gasteiger partial charge >= 0.3 is 0 Å². The van der Waals surface area contributed by atoms with Crippen molar-refractivity contribution in [3.05, 3.63) is 43.0 Å². The number of nitrogens with one attached hydrogen (secondary N) is 1. The van der Waals surface area contributed by atoms with Gasteiger partial charge in [-0.3, -0.25) is 4.79 Å². The molecule has 0 bridgehead atoms. The summed E-state index contributed by atoms with van der Waals surface area (Å²) in [5, 5.41) is 3.00. The van der Waals surface area contributed by atoms with Crippen LogP contribution in [-0.2, 0) is 9.47 Å². The number of carbonyl (C=O) groups is 1. The number of amides is 1. The molecule has 8 nitrogen and oxygen atoms in total. The average molecular weight is 317 g/mol. The van der Waals surface area contributed by atoms with E-state index in [4.69, 9.17) is 9.47 Å². The van der Waals surface area contributed by atoms with Crippen LogP contribution >= 0.6 is 0 Å². The number of carbonyl (C=O) groups excluding carboxylic acids is 1. The summed E-state index contributed by atoms with van der Waals surface area (Å²) in [5.74, 6) is -0.210. The summed E-state index contributed by atoms with van der Waals surface area (Å²) < 4.78 is 12.8. The minimum atomic E-state index is -0.210. The Morgan fingerprint density at radius 2 is 2.30 bits per heavy atom. The molecule has 0 aromatic carbocycles. The average Bonchev–Trinajstić information content (AvgIpc) is 3.07. The Balaban J connectivity index is 1.64. The molecule has 1 aliphatic carbocycles. The second-order valence-electron chi connectivity index (χ2n) is 5.31. The van der Waals surface area contributed by atoms with E-state index in [1.54, 1.807) is 31.9 Å². The van der Waals surface area contributed by atoms with Crippen LogP contribution < -0.4 is 5.32 Å². The predicted octanol–water partition coefficient (Wildman–Crippen LogP) is 0.448. The van der Waals surface area contributed by atoms with E-state index in [1.165, 1.54) is 6.33 Å². The second-order valence-corrected chi connectivity index (χ2v) is 5.31. The second kappa shape index (κ2) is 7.30. The Hall–Kier alpha value is -2.32. The molecule has 1 amide bonds. The van der Waals surface area contributed by atoms with Crippen molar-refractivity contribution in [1.82, 2.24) is 24.8 Å². The number of hydrogen-bond donors (Lipinski definition) is 1. The zero-order valence-corrected chi connectivity index (χ0v) is 12.8. The van der Waals surface area contributed by atoms with E-state index in [9.17, 15) is 4.79 Å². The molecule has 3 rings (SSSR count). The van der Waals surface area contributed by atoms with Gasteiger partial charge < -0.3 is 19.4 Å². The summed E-state index contributed by atoms with van der Waals surface area (Å²) in [5.41, 5.74) is 0.355. The van der Waals surface area contributed by atoms with Gasteiger partial charge in [-0.15, -0.1) is 0 Å². The van der Waals surface area contributed by atoms with Gasteiger partial charge in [0, 0.05) is 25.7 Å². The van der Waals surface area contributed by atoms with Crippen molar-refractivity contribution in [2.75, 3.05) is 20.3 Å². The molecule has 1 N–H and O–H groups in total. The molecule has 0 aliphatic heterocycles. The van der Waals surface area contributed by atoms with Crippen molar-refractivity contribution in [2.24, 2.45) is 0 Å². The Labute approximate surface area is 133 Å². The fraction of sp³-hybridized carbons (Fsp3) is 0.467. The van der Waals surface area contributed by atoms with Crippen LogP contribution in [0.15, 0.2) is 37.3 Å². The van der Waals surface area contributed by atoms with Gasteiger partial charge in [0.15, 0.2) is 0 Å². The Morgan fingerprint density at radius 3 is 3.00 bits per heavy atom. The van der Waals surface area contributed by atoms with Crippen molar-refractivity contribution < 1.29 is 14.3 Å². The summed E-state index contributed by atoms with van der Waals surface area (Å²) in [7, 11) is 1.64. The van der Waals surface area contributed by atoms with Gasteiger partial charge in [-0.1, -0.05) is 0 Å². The van der Waals surface area contributed by atoms with E-state index < -0.39 is 0 Å². The molecule has 2 heterocycles. The molecule has 1 saturated carbocycles. The van der Waals surface area contributed by atoms with Crippen LogP contribution in [0, 0.1) is 0 Å². The quantitative estimate of drug-likeness (QED) is 0.746. The maximum absolute atomic E-state index is 12.2. The lowest BCUT2D eigenvalue weighted by atomic mass is 9.82. The molecule has 0 saturated heterocycles. The number of nitrogens with zero attached hydrogens (tertiary/aromatic N) is 4. The fourth-order valence-corrected chi connectivity index (χ4v) is 2.70. The zero-order chi connectivity index (χ0) is 16.1. The molecular weight excluding hydrogens is 298 g/mol. The third-order valence-corrected chi connectivity index (χ3v) is 3.90. The molecule has 1 fully saturated rings. The minimum Gasteiger partial charge on any atom is -0.382 e. The normalized spacial score (nSPS) is 23.3. The zero-order valence-electron chi connectivity index (χ0n) is 12.8. The van der Waals surface area contributed by atoms with E-state index >= 15 is 0 Å². The number of aromatic nitrogens is 4. The topological polar surface area (TPSA) is 91.2 Å². The number of rotatable bonds is 7. The van der Waals surface area contributed by atoms with E-state index in [0.717, 1.165) is 6.42 Å². The summed E-state index contributed by atoms with van der Waals surface area (Å²) in [4.78, 5) is 24.1. The van der Waals surface area contributed by atoms with E-state index in [0.29, 0.717) is 18.9 Å². The summed E-state index contributed by atoms with van der Waals surface area (Å²) in [6, 6.07) is 1.58. The fourth-order valence-electron chi connectivity index (χ4n) is 2.70. The van der Waals surface area contributed by atoms with Gasteiger partial charge in [0.1, 0.15) is 12.0 Å². The third-order valence-electron chi connectivity index (χ3n) is 3.90. The molecule has 23 heavy (non-hydrogen) atoms. The molecule has 0 radical (unpaired) electrons. The molecule has 2 aromatic heterocycles. The van der Waals surface area contributed by atoms with Gasteiger partial charge in [0.05, 0.1) is 37.7 Å². The number of ether oxygens (including phenoxy) is 2. The summed E-state index contributed by atoms with van der Waals surface area (Å²) in [6.07, 6.45) is 9.00. The van der Waals surface area contributed by atoms with E-state index in [-0.39, 0.29) is 24.1 Å². The van der Waals surface area contributed by atoms with Crippen molar-refractivity contribution in [2.45, 2.75) is 24.6 Å². The highest BCUT2D eigenvalue weighted by Crippen LogP contribution is 2.35. The van der Waals surface area contributed by atoms with Gasteiger partial charge in [-0.2, -0.15) is 0 Å². The summed E-state index contributed by atoms with van der Waals surface area (Å²) >= 11 is 0. The van der Waals surface area contributed by atoms with Crippen LogP contribution in [-0.4, -0.2) is 57.9 Å². The molecular formula is C15H19N5O3. The molecule has 8 heteroatoms. The number of methoxy groups -OCH3 is 1.